The first kappa shape index (κ1) is 12.6. The van der Waals surface area contributed by atoms with Gasteiger partial charge in [-0.25, -0.2) is 4.39 Å². The fraction of sp³-hybridized carbons (Fsp3) is 0.455. The number of halogens is 2. The van der Waals surface area contributed by atoms with Gasteiger partial charge in [0.05, 0.1) is 12.7 Å². The molecule has 2 N–H and O–H groups in total. The minimum atomic E-state index is -0.717. The summed E-state index contributed by atoms with van der Waals surface area (Å²) in [5.41, 5.74) is 0.357. The molecular formula is C11H14BrFO2. The van der Waals surface area contributed by atoms with Crippen LogP contribution in [0.3, 0.4) is 0 Å². The summed E-state index contributed by atoms with van der Waals surface area (Å²) in [6, 6.07) is 4.61. The van der Waals surface area contributed by atoms with Crippen LogP contribution in [0.25, 0.3) is 0 Å². The third kappa shape index (κ3) is 3.00. The van der Waals surface area contributed by atoms with Gasteiger partial charge in [0.2, 0.25) is 0 Å². The highest BCUT2D eigenvalue weighted by Gasteiger charge is 2.21. The van der Waals surface area contributed by atoms with Crippen LogP contribution in [0.15, 0.2) is 22.7 Å². The van der Waals surface area contributed by atoms with E-state index in [1.807, 2.05) is 0 Å². The van der Waals surface area contributed by atoms with Crippen LogP contribution in [-0.2, 0) is 0 Å². The number of benzene rings is 1. The Labute approximate surface area is 96.9 Å². The van der Waals surface area contributed by atoms with Crippen molar-refractivity contribution in [2.24, 2.45) is 0 Å². The molecule has 0 aromatic heterocycles. The number of hydrogen-bond acceptors (Lipinski definition) is 2. The molecule has 0 heterocycles. The zero-order chi connectivity index (χ0) is 11.4. The molecule has 1 rings (SSSR count). The summed E-state index contributed by atoms with van der Waals surface area (Å²) in [5, 5.41) is 18.8. The molecule has 1 aromatic rings. The molecule has 1 aromatic carbocycles. The quantitative estimate of drug-likeness (QED) is 0.887. The van der Waals surface area contributed by atoms with Gasteiger partial charge in [-0.3, -0.25) is 0 Å². The van der Waals surface area contributed by atoms with E-state index in [1.54, 1.807) is 19.1 Å². The van der Waals surface area contributed by atoms with Crippen LogP contribution < -0.4 is 0 Å². The Kier molecular flexibility index (Phi) is 4.70. The van der Waals surface area contributed by atoms with Gasteiger partial charge >= 0.3 is 0 Å². The number of rotatable bonds is 4. The van der Waals surface area contributed by atoms with E-state index in [0.717, 1.165) is 0 Å². The number of aliphatic hydroxyl groups excluding tert-OH is 2. The van der Waals surface area contributed by atoms with Crippen molar-refractivity contribution in [1.82, 2.24) is 0 Å². The average Bonchev–Trinajstić information content (AvgIpc) is 2.21. The topological polar surface area (TPSA) is 40.5 Å². The van der Waals surface area contributed by atoms with Gasteiger partial charge in [-0.2, -0.15) is 0 Å². The summed E-state index contributed by atoms with van der Waals surface area (Å²) in [4.78, 5) is 0. The van der Waals surface area contributed by atoms with Gasteiger partial charge in [0, 0.05) is 10.4 Å². The Morgan fingerprint density at radius 1 is 1.47 bits per heavy atom. The molecule has 0 aliphatic heterocycles. The molecule has 84 valence electrons. The first-order valence-corrected chi connectivity index (χ1v) is 5.63. The molecule has 2 nitrogen and oxygen atoms in total. The average molecular weight is 277 g/mol. The molecule has 0 amide bonds. The maximum absolute atomic E-state index is 13.5. The lowest BCUT2D eigenvalue weighted by molar-refractivity contribution is 0.101. The molecule has 0 saturated heterocycles. The van der Waals surface area contributed by atoms with Crippen LogP contribution in [0.1, 0.15) is 24.8 Å². The van der Waals surface area contributed by atoms with Crippen molar-refractivity contribution >= 4 is 15.9 Å². The summed E-state index contributed by atoms with van der Waals surface area (Å²) < 4.78 is 14.2. The smallest absolute Gasteiger partial charge is 0.127 e. The van der Waals surface area contributed by atoms with Crippen molar-refractivity contribution in [3.8, 4) is 0 Å². The summed E-state index contributed by atoms with van der Waals surface area (Å²) in [7, 11) is 0. The fourth-order valence-electron chi connectivity index (χ4n) is 1.51. The molecule has 0 fully saturated rings. The fourth-order valence-corrected chi connectivity index (χ4v) is 1.85. The monoisotopic (exact) mass is 276 g/mol. The Morgan fingerprint density at radius 2 is 2.13 bits per heavy atom. The lowest BCUT2D eigenvalue weighted by atomic mass is 9.92. The van der Waals surface area contributed by atoms with Gasteiger partial charge in [0.1, 0.15) is 5.82 Å². The normalized spacial score (nSPS) is 15.0. The maximum Gasteiger partial charge on any atom is 0.127 e. The zero-order valence-electron chi connectivity index (χ0n) is 8.45. The first-order chi connectivity index (χ1) is 7.10. The van der Waals surface area contributed by atoms with E-state index in [9.17, 15) is 9.50 Å². The van der Waals surface area contributed by atoms with E-state index >= 15 is 0 Å². The van der Waals surface area contributed by atoms with Gasteiger partial charge in [-0.05, 0) is 24.1 Å². The minimum Gasteiger partial charge on any atom is -0.396 e. The predicted octanol–water partition coefficient (Wildman–Crippen LogP) is 2.44. The molecule has 15 heavy (non-hydrogen) atoms. The van der Waals surface area contributed by atoms with Crippen LogP contribution in [0, 0.1) is 5.82 Å². The van der Waals surface area contributed by atoms with Crippen LogP contribution in [0.2, 0.25) is 0 Å². The van der Waals surface area contributed by atoms with E-state index in [-0.39, 0.29) is 6.61 Å². The van der Waals surface area contributed by atoms with Gasteiger partial charge in [-0.1, -0.05) is 28.9 Å². The minimum absolute atomic E-state index is 0.256. The summed E-state index contributed by atoms with van der Waals surface area (Å²) in [6.45, 7) is 1.54. The lowest BCUT2D eigenvalue weighted by Crippen LogP contribution is -2.21. The lowest BCUT2D eigenvalue weighted by Gasteiger charge is -2.20. The second-order valence-corrected chi connectivity index (χ2v) is 4.35. The summed E-state index contributed by atoms with van der Waals surface area (Å²) in [6.07, 6.45) is -0.230. The van der Waals surface area contributed by atoms with Gasteiger partial charge in [0.25, 0.3) is 0 Å². The summed E-state index contributed by atoms with van der Waals surface area (Å²) >= 11 is 3.16. The van der Waals surface area contributed by atoms with Crippen molar-refractivity contribution in [2.45, 2.75) is 25.4 Å². The zero-order valence-corrected chi connectivity index (χ0v) is 10.0. The molecule has 0 aliphatic rings. The molecule has 2 unspecified atom stereocenters. The van der Waals surface area contributed by atoms with Crippen molar-refractivity contribution < 1.29 is 14.6 Å². The molecule has 0 spiro atoms. The molecule has 0 bridgehead atoms. The number of aliphatic hydroxyl groups is 2. The molecule has 2 atom stereocenters. The van der Waals surface area contributed by atoms with Crippen LogP contribution >= 0.6 is 15.9 Å². The third-order valence-corrected chi connectivity index (χ3v) is 2.93. The van der Waals surface area contributed by atoms with E-state index in [4.69, 9.17) is 5.11 Å². The van der Waals surface area contributed by atoms with E-state index in [0.29, 0.717) is 16.5 Å². The first-order valence-electron chi connectivity index (χ1n) is 4.84. The Balaban J connectivity index is 3.01. The SMILES string of the molecule is CCC(O)C(CO)c1ccc(Br)cc1F. The predicted molar refractivity (Wildman–Crippen MR) is 60.2 cm³/mol. The number of hydrogen-bond donors (Lipinski definition) is 2. The molecular weight excluding hydrogens is 263 g/mol. The van der Waals surface area contributed by atoms with Crippen molar-refractivity contribution in [1.29, 1.82) is 0 Å². The molecule has 0 saturated carbocycles. The van der Waals surface area contributed by atoms with Crippen molar-refractivity contribution in [3.63, 3.8) is 0 Å². The Hall–Kier alpha value is -0.450. The highest BCUT2D eigenvalue weighted by atomic mass is 79.9. The standard InChI is InChI=1S/C11H14BrFO2/c1-2-11(15)9(6-14)8-4-3-7(12)5-10(8)13/h3-5,9,11,14-15H,2,6H2,1H3. The molecule has 0 aliphatic carbocycles. The van der Waals surface area contributed by atoms with Gasteiger partial charge in [-0.15, -0.1) is 0 Å². The Bertz CT molecular complexity index is 330. The van der Waals surface area contributed by atoms with Crippen LogP contribution in [0.4, 0.5) is 4.39 Å². The van der Waals surface area contributed by atoms with E-state index in [1.165, 1.54) is 6.07 Å². The third-order valence-electron chi connectivity index (χ3n) is 2.44. The van der Waals surface area contributed by atoms with E-state index < -0.39 is 17.8 Å². The Morgan fingerprint density at radius 3 is 2.60 bits per heavy atom. The van der Waals surface area contributed by atoms with E-state index in [2.05, 4.69) is 15.9 Å². The maximum atomic E-state index is 13.5. The molecule has 0 radical (unpaired) electrons. The largest absolute Gasteiger partial charge is 0.396 e. The van der Waals surface area contributed by atoms with Gasteiger partial charge in [0.15, 0.2) is 0 Å². The highest BCUT2D eigenvalue weighted by molar-refractivity contribution is 9.10. The molecule has 4 heteroatoms. The second kappa shape index (κ2) is 5.58. The summed E-state index contributed by atoms with van der Waals surface area (Å²) in [5.74, 6) is -0.959. The van der Waals surface area contributed by atoms with Crippen LogP contribution in [0.5, 0.6) is 0 Å². The second-order valence-electron chi connectivity index (χ2n) is 3.43. The van der Waals surface area contributed by atoms with Crippen molar-refractivity contribution in [2.75, 3.05) is 6.61 Å². The highest BCUT2D eigenvalue weighted by Crippen LogP contribution is 2.26. The van der Waals surface area contributed by atoms with Crippen molar-refractivity contribution in [3.05, 3.63) is 34.1 Å². The van der Waals surface area contributed by atoms with Gasteiger partial charge < -0.3 is 10.2 Å². The van der Waals surface area contributed by atoms with Crippen LogP contribution in [-0.4, -0.2) is 22.9 Å².